The van der Waals surface area contributed by atoms with E-state index < -0.39 is 5.79 Å². The van der Waals surface area contributed by atoms with Crippen LogP contribution in [-0.4, -0.2) is 41.3 Å². The summed E-state index contributed by atoms with van der Waals surface area (Å²) in [5, 5.41) is 7.40. The highest BCUT2D eigenvalue weighted by Gasteiger charge is 2.40. The Balaban J connectivity index is 1.32. The van der Waals surface area contributed by atoms with Crippen LogP contribution in [0.4, 0.5) is 5.69 Å². The number of fused-ring (bicyclic) bond motifs is 1. The Morgan fingerprint density at radius 2 is 2.07 bits per heavy atom. The van der Waals surface area contributed by atoms with Gasteiger partial charge in [-0.1, -0.05) is 6.07 Å². The summed E-state index contributed by atoms with van der Waals surface area (Å²) in [4.78, 5) is 12.8. The monoisotopic (exact) mass is 397 g/mol. The maximum absolute atomic E-state index is 12.8. The normalized spacial score (nSPS) is 23.1. The van der Waals surface area contributed by atoms with Gasteiger partial charge in [0.05, 0.1) is 25.0 Å². The zero-order valence-corrected chi connectivity index (χ0v) is 16.8. The van der Waals surface area contributed by atoms with Crippen LogP contribution in [0.1, 0.15) is 59.0 Å². The van der Waals surface area contributed by atoms with Crippen LogP contribution < -0.4 is 5.32 Å². The topological polar surface area (TPSA) is 74.6 Å². The third-order valence-corrected chi connectivity index (χ3v) is 6.16. The molecule has 0 radical (unpaired) electrons. The van der Waals surface area contributed by atoms with Crippen LogP contribution >= 0.6 is 0 Å². The number of nitrogens with zero attached hydrogens (tertiary/aromatic N) is 2. The third-order valence-electron chi connectivity index (χ3n) is 6.16. The van der Waals surface area contributed by atoms with Gasteiger partial charge in [-0.25, -0.2) is 4.68 Å². The molecule has 1 aliphatic carbocycles. The minimum absolute atomic E-state index is 0.0709. The van der Waals surface area contributed by atoms with Crippen LogP contribution in [0.3, 0.4) is 0 Å². The second kappa shape index (κ2) is 7.55. The number of benzene rings is 1. The van der Waals surface area contributed by atoms with E-state index in [0.29, 0.717) is 18.8 Å². The minimum atomic E-state index is -0.481. The van der Waals surface area contributed by atoms with Crippen molar-refractivity contribution < 1.29 is 19.0 Å². The molecule has 1 spiro atoms. The van der Waals surface area contributed by atoms with E-state index in [2.05, 4.69) is 22.5 Å². The van der Waals surface area contributed by atoms with Crippen LogP contribution in [0.5, 0.6) is 0 Å². The van der Waals surface area contributed by atoms with E-state index in [1.807, 2.05) is 6.92 Å². The first kappa shape index (κ1) is 18.8. The van der Waals surface area contributed by atoms with Crippen molar-refractivity contribution in [2.45, 2.75) is 57.5 Å². The summed E-state index contributed by atoms with van der Waals surface area (Å²) in [6.45, 7) is 4.08. The predicted molar refractivity (Wildman–Crippen MR) is 107 cm³/mol. The lowest BCUT2D eigenvalue weighted by molar-refractivity contribution is -0.163. The fourth-order valence-corrected chi connectivity index (χ4v) is 4.53. The number of ether oxygens (including phenoxy) is 3. The summed E-state index contributed by atoms with van der Waals surface area (Å²) in [5.41, 5.74) is 4.92. The highest BCUT2D eigenvalue weighted by atomic mass is 16.7. The number of amides is 1. The molecule has 5 rings (SSSR count). The highest BCUT2D eigenvalue weighted by molar-refractivity contribution is 6.04. The molecular formula is C22H27N3O4. The van der Waals surface area contributed by atoms with Gasteiger partial charge in [0, 0.05) is 31.3 Å². The Kier molecular flexibility index (Phi) is 4.89. The van der Waals surface area contributed by atoms with Crippen molar-refractivity contribution in [2.24, 2.45) is 0 Å². The van der Waals surface area contributed by atoms with Gasteiger partial charge in [0.1, 0.15) is 6.23 Å². The molecule has 3 aliphatic rings. The van der Waals surface area contributed by atoms with Crippen LogP contribution in [0.2, 0.25) is 0 Å². The molecule has 1 atom stereocenters. The summed E-state index contributed by atoms with van der Waals surface area (Å²) < 4.78 is 19.3. The van der Waals surface area contributed by atoms with Gasteiger partial charge in [0.2, 0.25) is 0 Å². The minimum Gasteiger partial charge on any atom is -0.357 e. The van der Waals surface area contributed by atoms with Gasteiger partial charge >= 0.3 is 0 Å². The Morgan fingerprint density at radius 1 is 1.21 bits per heavy atom. The number of hydrogen-bond donors (Lipinski definition) is 1. The van der Waals surface area contributed by atoms with E-state index in [9.17, 15) is 4.79 Å². The zero-order valence-electron chi connectivity index (χ0n) is 16.8. The number of aryl methyl sites for hydroxylation is 2. The lowest BCUT2D eigenvalue weighted by Gasteiger charge is -2.33. The molecule has 2 aliphatic heterocycles. The van der Waals surface area contributed by atoms with Crippen LogP contribution in [0, 0.1) is 6.92 Å². The summed E-state index contributed by atoms with van der Waals surface area (Å²) in [6.07, 6.45) is 8.98. The fourth-order valence-electron chi connectivity index (χ4n) is 4.53. The van der Waals surface area contributed by atoms with Crippen molar-refractivity contribution >= 4 is 11.6 Å². The molecule has 1 unspecified atom stereocenters. The van der Waals surface area contributed by atoms with Gasteiger partial charge in [-0.05, 0) is 55.4 Å². The fraction of sp³-hybridized carbons (Fsp3) is 0.545. The lowest BCUT2D eigenvalue weighted by atomic mass is 9.86. The molecule has 7 nitrogen and oxygen atoms in total. The van der Waals surface area contributed by atoms with Crippen molar-refractivity contribution in [3.8, 4) is 0 Å². The first-order valence-corrected chi connectivity index (χ1v) is 10.5. The van der Waals surface area contributed by atoms with Crippen molar-refractivity contribution in [1.82, 2.24) is 9.78 Å². The Labute approximate surface area is 170 Å². The number of hydrogen-bond acceptors (Lipinski definition) is 5. The molecule has 29 heavy (non-hydrogen) atoms. The second-order valence-electron chi connectivity index (χ2n) is 8.20. The number of carbonyl (C=O) groups is 1. The van der Waals surface area contributed by atoms with Gasteiger partial charge in [-0.15, -0.1) is 0 Å². The molecule has 1 aromatic heterocycles. The summed E-state index contributed by atoms with van der Waals surface area (Å²) in [7, 11) is 0. The van der Waals surface area contributed by atoms with Crippen LogP contribution in [0.25, 0.3) is 0 Å². The van der Waals surface area contributed by atoms with Gasteiger partial charge in [-0.2, -0.15) is 5.10 Å². The van der Waals surface area contributed by atoms with Crippen molar-refractivity contribution in [3.05, 3.63) is 46.8 Å². The summed E-state index contributed by atoms with van der Waals surface area (Å²) in [5.74, 6) is -0.640. The van der Waals surface area contributed by atoms with Crippen molar-refractivity contribution in [2.75, 3.05) is 25.1 Å². The van der Waals surface area contributed by atoms with Crippen molar-refractivity contribution in [3.63, 3.8) is 0 Å². The molecule has 2 saturated heterocycles. The van der Waals surface area contributed by atoms with E-state index in [4.69, 9.17) is 14.2 Å². The van der Waals surface area contributed by atoms with Gasteiger partial charge < -0.3 is 19.5 Å². The molecule has 7 heteroatoms. The number of aromatic nitrogens is 2. The van der Waals surface area contributed by atoms with E-state index in [-0.39, 0.29) is 12.1 Å². The molecule has 1 aromatic carbocycles. The molecule has 1 N–H and O–H groups in total. The molecule has 1 amide bonds. The molecule has 0 bridgehead atoms. The Bertz CT molecular complexity index is 911. The molecule has 3 heterocycles. The smallest absolute Gasteiger partial charge is 0.258 e. The maximum atomic E-state index is 12.8. The van der Waals surface area contributed by atoms with E-state index in [1.165, 1.54) is 11.1 Å². The molecule has 2 aromatic rings. The average molecular weight is 397 g/mol. The van der Waals surface area contributed by atoms with E-state index in [1.54, 1.807) is 17.1 Å². The van der Waals surface area contributed by atoms with E-state index in [0.717, 1.165) is 56.4 Å². The number of carbonyl (C=O) groups excluding carboxylic acids is 1. The summed E-state index contributed by atoms with van der Waals surface area (Å²) in [6, 6.07) is 4.25. The Morgan fingerprint density at radius 3 is 2.86 bits per heavy atom. The van der Waals surface area contributed by atoms with Crippen LogP contribution in [0.15, 0.2) is 24.5 Å². The molecule has 0 saturated carbocycles. The maximum Gasteiger partial charge on any atom is 0.258 e. The van der Waals surface area contributed by atoms with Crippen LogP contribution in [-0.2, 0) is 27.1 Å². The average Bonchev–Trinajstić information content (AvgIpc) is 3.40. The zero-order chi connectivity index (χ0) is 19.8. The van der Waals surface area contributed by atoms with Crippen molar-refractivity contribution in [1.29, 1.82) is 0 Å². The van der Waals surface area contributed by atoms with Gasteiger partial charge in [0.15, 0.2) is 5.79 Å². The SMILES string of the molecule is Cc1cc2c(cc1NC(=O)c1cnn(C3CCCCO3)c1)CC1(CC2)OCCO1. The predicted octanol–water partition coefficient (Wildman–Crippen LogP) is 3.37. The van der Waals surface area contributed by atoms with Gasteiger partial charge in [-0.3, -0.25) is 4.79 Å². The molecule has 154 valence electrons. The second-order valence-corrected chi connectivity index (χ2v) is 8.20. The third kappa shape index (κ3) is 3.70. The van der Waals surface area contributed by atoms with Gasteiger partial charge in [0.25, 0.3) is 5.91 Å². The number of rotatable bonds is 3. The molecule has 2 fully saturated rings. The highest BCUT2D eigenvalue weighted by Crippen LogP contribution is 2.37. The largest absolute Gasteiger partial charge is 0.357 e. The summed E-state index contributed by atoms with van der Waals surface area (Å²) >= 11 is 0. The van der Waals surface area contributed by atoms with E-state index >= 15 is 0 Å². The lowest BCUT2D eigenvalue weighted by Crippen LogP contribution is -2.37. The quantitative estimate of drug-likeness (QED) is 0.860. The standard InChI is InChI=1S/C22H27N3O4/c1-15-10-16-5-6-22(28-8-9-29-22)12-17(16)11-19(15)24-21(26)18-13-23-25(14-18)20-4-2-3-7-27-20/h10-11,13-14,20H,2-9,12H2,1H3,(H,24,26). The number of nitrogens with one attached hydrogen (secondary N) is 1. The first-order valence-electron chi connectivity index (χ1n) is 10.5. The molecular weight excluding hydrogens is 370 g/mol. The first-order chi connectivity index (χ1) is 14.1. The number of anilines is 1. The Hall–Kier alpha value is -2.22.